The molecule has 8 nitrogen and oxygen atoms in total. The Labute approximate surface area is 198 Å². The van der Waals surface area contributed by atoms with Gasteiger partial charge in [-0.2, -0.15) is 10.2 Å². The fourth-order valence-electron chi connectivity index (χ4n) is 4.84. The Morgan fingerprint density at radius 1 is 1.15 bits per heavy atom. The fourth-order valence-corrected chi connectivity index (χ4v) is 4.84. The zero-order chi connectivity index (χ0) is 23.9. The Bertz CT molecular complexity index is 1340. The first kappa shape index (κ1) is 21.9. The predicted molar refractivity (Wildman–Crippen MR) is 131 cm³/mol. The summed E-state index contributed by atoms with van der Waals surface area (Å²) >= 11 is 0. The van der Waals surface area contributed by atoms with E-state index in [1.165, 1.54) is 24.0 Å². The molecule has 4 aromatic rings. The van der Waals surface area contributed by atoms with Gasteiger partial charge < -0.3 is 10.8 Å². The number of amides is 2. The normalized spacial score (nSPS) is 17.1. The minimum atomic E-state index is -0.627. The monoisotopic (exact) mass is 456 g/mol. The van der Waals surface area contributed by atoms with Crippen molar-refractivity contribution in [1.82, 2.24) is 19.6 Å². The van der Waals surface area contributed by atoms with E-state index in [4.69, 9.17) is 5.73 Å². The van der Waals surface area contributed by atoms with E-state index in [1.54, 1.807) is 15.6 Å². The topological polar surface area (TPSA) is 111 Å². The van der Waals surface area contributed by atoms with Crippen molar-refractivity contribution < 1.29 is 9.90 Å². The first-order valence-corrected chi connectivity index (χ1v) is 11.4. The lowest BCUT2D eigenvalue weighted by Gasteiger charge is -2.12. The molecule has 1 saturated carbocycles. The molecule has 2 aliphatic rings. The largest absolute Gasteiger partial charge is 0.392 e. The van der Waals surface area contributed by atoms with Crippen molar-refractivity contribution in [2.75, 3.05) is 5.32 Å². The van der Waals surface area contributed by atoms with Crippen LogP contribution < -0.4 is 11.1 Å². The summed E-state index contributed by atoms with van der Waals surface area (Å²) in [5, 5.41) is 21.3. The number of benzene rings is 2. The van der Waals surface area contributed by atoms with E-state index >= 15 is 0 Å². The summed E-state index contributed by atoms with van der Waals surface area (Å²) in [6.45, 7) is 1.89. The van der Waals surface area contributed by atoms with E-state index in [2.05, 4.69) is 39.8 Å². The minimum absolute atomic E-state index is 0.102. The van der Waals surface area contributed by atoms with Crippen LogP contribution in [0.15, 0.2) is 67.0 Å². The molecule has 2 aromatic carbocycles. The maximum atomic E-state index is 11.3. The first-order chi connectivity index (χ1) is 16.4. The van der Waals surface area contributed by atoms with E-state index < -0.39 is 6.03 Å². The number of carbonyl (C=O) groups is 1. The summed E-state index contributed by atoms with van der Waals surface area (Å²) in [6.07, 6.45) is 6.75. The Morgan fingerprint density at radius 2 is 1.85 bits per heavy atom. The molecule has 2 heterocycles. The van der Waals surface area contributed by atoms with Crippen molar-refractivity contribution in [2.24, 2.45) is 12.8 Å². The highest BCUT2D eigenvalue weighted by Gasteiger charge is 2.54. The molecule has 1 spiro atoms. The molecular weight excluding hydrogens is 428 g/mol. The number of primary amides is 1. The van der Waals surface area contributed by atoms with Gasteiger partial charge in [-0.05, 0) is 49.4 Å². The SMILES string of the molecule is Cc1c(-c2cnn(C)c2)nn(-c2ccccc2)c1NC(N)=O.O[C@H]1Cc2ccccc2C12CC2. The lowest BCUT2D eigenvalue weighted by molar-refractivity contribution is 0.146. The summed E-state index contributed by atoms with van der Waals surface area (Å²) in [4.78, 5) is 11.3. The number of aryl methyl sites for hydroxylation is 1. The third kappa shape index (κ3) is 3.86. The van der Waals surface area contributed by atoms with Crippen molar-refractivity contribution >= 4 is 11.8 Å². The number of fused-ring (bicyclic) bond motifs is 2. The number of aliphatic hydroxyl groups excluding tert-OH is 1. The molecule has 8 heteroatoms. The molecule has 0 bridgehead atoms. The van der Waals surface area contributed by atoms with Crippen molar-refractivity contribution in [3.63, 3.8) is 0 Å². The number of nitrogens with one attached hydrogen (secondary N) is 1. The number of anilines is 1. The van der Waals surface area contributed by atoms with Crippen molar-refractivity contribution in [3.8, 4) is 16.9 Å². The van der Waals surface area contributed by atoms with Gasteiger partial charge in [0.25, 0.3) is 0 Å². The molecule has 2 amide bonds. The van der Waals surface area contributed by atoms with Gasteiger partial charge >= 0.3 is 6.03 Å². The van der Waals surface area contributed by atoms with Crippen LogP contribution in [0, 0.1) is 6.92 Å². The fraction of sp³-hybridized carbons (Fsp3) is 0.269. The number of nitrogens with two attached hydrogens (primary N) is 1. The van der Waals surface area contributed by atoms with Crippen molar-refractivity contribution in [1.29, 1.82) is 0 Å². The molecule has 4 N–H and O–H groups in total. The molecule has 1 atom stereocenters. The lowest BCUT2D eigenvalue weighted by Crippen LogP contribution is -2.21. The van der Waals surface area contributed by atoms with E-state index in [9.17, 15) is 9.90 Å². The van der Waals surface area contributed by atoms with E-state index in [0.717, 1.165) is 28.9 Å². The van der Waals surface area contributed by atoms with E-state index in [-0.39, 0.29) is 11.5 Å². The van der Waals surface area contributed by atoms with Gasteiger partial charge in [0, 0.05) is 29.8 Å². The van der Waals surface area contributed by atoms with Crippen LogP contribution >= 0.6 is 0 Å². The second-order valence-corrected chi connectivity index (χ2v) is 8.99. The smallest absolute Gasteiger partial charge is 0.317 e. The molecule has 0 saturated heterocycles. The van der Waals surface area contributed by atoms with Gasteiger partial charge in [0.1, 0.15) is 11.5 Å². The number of carbonyl (C=O) groups excluding carboxylic acids is 1. The number of para-hydroxylation sites is 1. The zero-order valence-electron chi connectivity index (χ0n) is 19.3. The van der Waals surface area contributed by atoms with E-state index in [0.29, 0.717) is 5.82 Å². The number of nitrogens with zero attached hydrogens (tertiary/aromatic N) is 4. The van der Waals surface area contributed by atoms with Gasteiger partial charge in [-0.15, -0.1) is 0 Å². The molecule has 2 aromatic heterocycles. The van der Waals surface area contributed by atoms with Crippen LogP contribution in [-0.4, -0.2) is 36.8 Å². The summed E-state index contributed by atoms with van der Waals surface area (Å²) in [6, 6.07) is 17.4. The summed E-state index contributed by atoms with van der Waals surface area (Å²) < 4.78 is 3.37. The average Bonchev–Trinajstić information content (AvgIpc) is 3.33. The lowest BCUT2D eigenvalue weighted by atomic mass is 9.97. The number of aromatic nitrogens is 4. The Balaban J connectivity index is 0.000000167. The summed E-state index contributed by atoms with van der Waals surface area (Å²) in [5.74, 6) is 0.553. The molecule has 0 aliphatic heterocycles. The van der Waals surface area contributed by atoms with E-state index in [1.807, 2.05) is 50.5 Å². The van der Waals surface area contributed by atoms with Crippen LogP contribution in [0.3, 0.4) is 0 Å². The Morgan fingerprint density at radius 3 is 2.50 bits per heavy atom. The summed E-state index contributed by atoms with van der Waals surface area (Å²) in [7, 11) is 1.84. The van der Waals surface area contributed by atoms with Gasteiger partial charge in [-0.3, -0.25) is 10.00 Å². The average molecular weight is 457 g/mol. The number of hydrogen-bond donors (Lipinski definition) is 3. The maximum absolute atomic E-state index is 11.3. The van der Waals surface area contributed by atoms with Gasteiger partial charge in [0.2, 0.25) is 0 Å². The first-order valence-electron chi connectivity index (χ1n) is 11.4. The van der Waals surface area contributed by atoms with Crippen molar-refractivity contribution in [3.05, 3.63) is 83.7 Å². The van der Waals surface area contributed by atoms with Gasteiger partial charge in [0.05, 0.1) is 18.0 Å². The third-order valence-electron chi connectivity index (χ3n) is 6.74. The Kier molecular flexibility index (Phi) is 5.45. The standard InChI is InChI=1S/C15H16N6O.C11H12O/c1-10-13(11-8-17-20(2)9-11)19-21(14(10)18-15(16)22)12-6-4-3-5-7-12;12-10-7-8-3-1-2-4-9(8)11(10)5-6-11/h3-9H,1-2H3,(H3,16,18,22);1-4,10,12H,5-7H2/t;10-/m.0/s1. The minimum Gasteiger partial charge on any atom is -0.392 e. The quantitative estimate of drug-likeness (QED) is 0.436. The van der Waals surface area contributed by atoms with Crippen molar-refractivity contribution in [2.45, 2.75) is 37.7 Å². The second-order valence-electron chi connectivity index (χ2n) is 8.99. The van der Waals surface area contributed by atoms with Gasteiger partial charge in [-0.1, -0.05) is 42.5 Å². The molecular formula is C26H28N6O2. The number of hydrogen-bond acceptors (Lipinski definition) is 4. The highest BCUT2D eigenvalue weighted by atomic mass is 16.3. The molecule has 0 unspecified atom stereocenters. The highest BCUT2D eigenvalue weighted by molar-refractivity contribution is 5.89. The number of aliphatic hydroxyl groups is 1. The maximum Gasteiger partial charge on any atom is 0.317 e. The van der Waals surface area contributed by atoms with Crippen LogP contribution in [0.5, 0.6) is 0 Å². The van der Waals surface area contributed by atoms with Crippen LogP contribution in [0.1, 0.15) is 29.5 Å². The number of rotatable bonds is 3. The van der Waals surface area contributed by atoms with Crippen LogP contribution in [0.2, 0.25) is 0 Å². The van der Waals surface area contributed by atoms with Crippen LogP contribution in [-0.2, 0) is 18.9 Å². The molecule has 174 valence electrons. The second kappa shape index (κ2) is 8.46. The highest BCUT2D eigenvalue weighted by Crippen LogP contribution is 2.56. The van der Waals surface area contributed by atoms with Crippen LogP contribution in [0.4, 0.5) is 10.6 Å². The zero-order valence-corrected chi connectivity index (χ0v) is 19.3. The van der Waals surface area contributed by atoms with Crippen LogP contribution in [0.25, 0.3) is 16.9 Å². The molecule has 0 radical (unpaired) electrons. The summed E-state index contributed by atoms with van der Waals surface area (Å²) in [5.41, 5.74) is 11.5. The van der Waals surface area contributed by atoms with Gasteiger partial charge in [-0.25, -0.2) is 9.48 Å². The number of urea groups is 1. The molecule has 1 fully saturated rings. The molecule has 6 rings (SSSR count). The molecule has 2 aliphatic carbocycles. The predicted octanol–water partition coefficient (Wildman–Crippen LogP) is 3.71. The molecule has 34 heavy (non-hydrogen) atoms. The Hall–Kier alpha value is -3.91. The third-order valence-corrected chi connectivity index (χ3v) is 6.74. The van der Waals surface area contributed by atoms with Gasteiger partial charge in [0.15, 0.2) is 0 Å².